The van der Waals surface area contributed by atoms with Gasteiger partial charge >= 0.3 is 0 Å². The summed E-state index contributed by atoms with van der Waals surface area (Å²) in [6.07, 6.45) is 0.561. The predicted octanol–water partition coefficient (Wildman–Crippen LogP) is 2.55. The van der Waals surface area contributed by atoms with Gasteiger partial charge in [-0.15, -0.1) is 0 Å². The van der Waals surface area contributed by atoms with Gasteiger partial charge in [0.25, 0.3) is 0 Å². The van der Waals surface area contributed by atoms with Gasteiger partial charge in [0.2, 0.25) is 0 Å². The van der Waals surface area contributed by atoms with Crippen molar-refractivity contribution in [2.24, 2.45) is 0 Å². The summed E-state index contributed by atoms with van der Waals surface area (Å²) in [6.45, 7) is 9.06. The summed E-state index contributed by atoms with van der Waals surface area (Å²) in [5, 5.41) is 12.7. The minimum atomic E-state index is -0.235. The second-order valence-corrected chi connectivity index (χ2v) is 4.80. The maximum absolute atomic E-state index is 9.28. The lowest BCUT2D eigenvalue weighted by Gasteiger charge is -2.16. The summed E-state index contributed by atoms with van der Waals surface area (Å²) in [5.74, 6) is 0. The Labute approximate surface area is 98.7 Å². The van der Waals surface area contributed by atoms with Crippen LogP contribution in [-0.2, 0) is 6.54 Å². The molecule has 0 radical (unpaired) electrons. The fourth-order valence-electron chi connectivity index (χ4n) is 1.87. The molecular weight excluding hydrogens is 198 g/mol. The highest BCUT2D eigenvalue weighted by Crippen LogP contribution is 2.10. The first-order valence-corrected chi connectivity index (χ1v) is 5.96. The summed E-state index contributed by atoms with van der Waals surface area (Å²) in [5.41, 5.74) is 3.96. The molecule has 2 heteroatoms. The van der Waals surface area contributed by atoms with E-state index in [0.717, 1.165) is 13.0 Å². The van der Waals surface area contributed by atoms with Crippen LogP contribution in [0.1, 0.15) is 37.0 Å². The highest BCUT2D eigenvalue weighted by molar-refractivity contribution is 5.30. The van der Waals surface area contributed by atoms with Crippen molar-refractivity contribution >= 4 is 0 Å². The van der Waals surface area contributed by atoms with E-state index in [-0.39, 0.29) is 6.10 Å². The second-order valence-electron chi connectivity index (χ2n) is 4.80. The normalized spacial score (nSPS) is 14.8. The minimum absolute atomic E-state index is 0.235. The molecule has 2 unspecified atom stereocenters. The average molecular weight is 221 g/mol. The van der Waals surface area contributed by atoms with Crippen molar-refractivity contribution in [3.8, 4) is 0 Å². The average Bonchev–Trinajstić information content (AvgIpc) is 2.18. The molecular formula is C14H23NO. The van der Waals surface area contributed by atoms with Gasteiger partial charge in [-0.3, -0.25) is 0 Å². The smallest absolute Gasteiger partial charge is 0.0526 e. The number of hydrogen-bond acceptors (Lipinski definition) is 2. The first-order chi connectivity index (χ1) is 7.49. The van der Waals surface area contributed by atoms with Gasteiger partial charge in [-0.05, 0) is 45.2 Å². The Kier molecular flexibility index (Phi) is 4.97. The van der Waals surface area contributed by atoms with E-state index in [1.165, 1.54) is 16.7 Å². The summed E-state index contributed by atoms with van der Waals surface area (Å²) in [6, 6.07) is 6.86. The first-order valence-electron chi connectivity index (χ1n) is 5.96. The van der Waals surface area contributed by atoms with E-state index >= 15 is 0 Å². The molecule has 90 valence electrons. The summed E-state index contributed by atoms with van der Waals surface area (Å²) in [4.78, 5) is 0. The molecule has 0 spiro atoms. The van der Waals surface area contributed by atoms with Crippen molar-refractivity contribution in [1.82, 2.24) is 5.32 Å². The number of nitrogens with one attached hydrogen (secondary N) is 1. The Morgan fingerprint density at radius 2 is 1.94 bits per heavy atom. The van der Waals surface area contributed by atoms with Crippen molar-refractivity contribution in [2.75, 3.05) is 0 Å². The molecule has 0 aliphatic carbocycles. The van der Waals surface area contributed by atoms with Crippen molar-refractivity contribution in [1.29, 1.82) is 0 Å². The molecule has 0 bridgehead atoms. The lowest BCUT2D eigenvalue weighted by Crippen LogP contribution is -2.28. The molecule has 0 amide bonds. The van der Waals surface area contributed by atoms with Crippen LogP contribution in [0.15, 0.2) is 18.2 Å². The molecule has 0 aliphatic heterocycles. The molecule has 0 fully saturated rings. The Bertz CT molecular complexity index is 334. The number of aryl methyl sites for hydroxylation is 2. The van der Waals surface area contributed by atoms with E-state index in [1.807, 2.05) is 6.92 Å². The van der Waals surface area contributed by atoms with Gasteiger partial charge in [0.1, 0.15) is 0 Å². The molecule has 0 saturated heterocycles. The lowest BCUT2D eigenvalue weighted by atomic mass is 10.0. The lowest BCUT2D eigenvalue weighted by molar-refractivity contribution is 0.170. The standard InChI is InChI=1S/C14H23NO/c1-10-5-6-11(2)14(7-10)9-15-12(3)8-13(4)16/h5-7,12-13,15-16H,8-9H2,1-4H3. The SMILES string of the molecule is Cc1ccc(C)c(CNC(C)CC(C)O)c1. The Balaban J connectivity index is 2.51. The van der Waals surface area contributed by atoms with Gasteiger partial charge < -0.3 is 10.4 Å². The topological polar surface area (TPSA) is 32.3 Å². The third kappa shape index (κ3) is 4.33. The molecule has 1 rings (SSSR count). The number of aliphatic hydroxyl groups excluding tert-OH is 1. The molecule has 0 aliphatic rings. The maximum atomic E-state index is 9.28. The van der Waals surface area contributed by atoms with Gasteiger partial charge in [-0.1, -0.05) is 23.8 Å². The Morgan fingerprint density at radius 3 is 2.56 bits per heavy atom. The summed E-state index contributed by atoms with van der Waals surface area (Å²) >= 11 is 0. The van der Waals surface area contributed by atoms with E-state index < -0.39 is 0 Å². The highest BCUT2D eigenvalue weighted by Gasteiger charge is 2.06. The second kappa shape index (κ2) is 6.02. The number of rotatable bonds is 5. The fraction of sp³-hybridized carbons (Fsp3) is 0.571. The largest absolute Gasteiger partial charge is 0.393 e. The minimum Gasteiger partial charge on any atom is -0.393 e. The number of benzene rings is 1. The molecule has 0 aromatic heterocycles. The molecule has 2 atom stereocenters. The van der Waals surface area contributed by atoms with Crippen LogP contribution in [0.3, 0.4) is 0 Å². The Hall–Kier alpha value is -0.860. The Morgan fingerprint density at radius 1 is 1.25 bits per heavy atom. The highest BCUT2D eigenvalue weighted by atomic mass is 16.3. The molecule has 1 aromatic rings. The van der Waals surface area contributed by atoms with E-state index in [4.69, 9.17) is 0 Å². The van der Waals surface area contributed by atoms with Gasteiger partial charge in [-0.2, -0.15) is 0 Å². The third-order valence-corrected chi connectivity index (χ3v) is 2.84. The van der Waals surface area contributed by atoms with E-state index in [1.54, 1.807) is 0 Å². The van der Waals surface area contributed by atoms with Gasteiger partial charge in [0, 0.05) is 12.6 Å². The molecule has 1 aromatic carbocycles. The quantitative estimate of drug-likeness (QED) is 0.801. The fourth-order valence-corrected chi connectivity index (χ4v) is 1.87. The van der Waals surface area contributed by atoms with Crippen molar-refractivity contribution in [2.45, 2.75) is 52.8 Å². The molecule has 2 nitrogen and oxygen atoms in total. The number of hydrogen-bond donors (Lipinski definition) is 2. The van der Waals surface area contributed by atoms with Crippen LogP contribution in [0.2, 0.25) is 0 Å². The van der Waals surface area contributed by atoms with E-state index in [2.05, 4.69) is 44.3 Å². The van der Waals surface area contributed by atoms with Crippen LogP contribution in [0.25, 0.3) is 0 Å². The van der Waals surface area contributed by atoms with Crippen LogP contribution in [0.5, 0.6) is 0 Å². The van der Waals surface area contributed by atoms with Crippen molar-refractivity contribution in [3.63, 3.8) is 0 Å². The molecule has 0 heterocycles. The summed E-state index contributed by atoms with van der Waals surface area (Å²) in [7, 11) is 0. The molecule has 16 heavy (non-hydrogen) atoms. The van der Waals surface area contributed by atoms with Crippen LogP contribution in [0, 0.1) is 13.8 Å². The zero-order chi connectivity index (χ0) is 12.1. The van der Waals surface area contributed by atoms with Crippen LogP contribution in [0.4, 0.5) is 0 Å². The van der Waals surface area contributed by atoms with Gasteiger partial charge in [-0.25, -0.2) is 0 Å². The summed E-state index contributed by atoms with van der Waals surface area (Å²) < 4.78 is 0. The van der Waals surface area contributed by atoms with Gasteiger partial charge in [0.15, 0.2) is 0 Å². The van der Waals surface area contributed by atoms with Crippen LogP contribution in [-0.4, -0.2) is 17.3 Å². The van der Waals surface area contributed by atoms with Gasteiger partial charge in [0.05, 0.1) is 6.10 Å². The predicted molar refractivity (Wildman–Crippen MR) is 68.5 cm³/mol. The van der Waals surface area contributed by atoms with Crippen LogP contribution >= 0.6 is 0 Å². The monoisotopic (exact) mass is 221 g/mol. The zero-order valence-electron chi connectivity index (χ0n) is 10.7. The van der Waals surface area contributed by atoms with E-state index in [0.29, 0.717) is 6.04 Å². The van der Waals surface area contributed by atoms with Crippen molar-refractivity contribution in [3.05, 3.63) is 34.9 Å². The molecule has 2 N–H and O–H groups in total. The molecule has 0 saturated carbocycles. The number of aliphatic hydroxyl groups is 1. The van der Waals surface area contributed by atoms with Crippen molar-refractivity contribution < 1.29 is 5.11 Å². The van der Waals surface area contributed by atoms with Crippen LogP contribution < -0.4 is 5.32 Å². The van der Waals surface area contributed by atoms with E-state index in [9.17, 15) is 5.11 Å². The maximum Gasteiger partial charge on any atom is 0.0526 e. The first kappa shape index (κ1) is 13.2. The zero-order valence-corrected chi connectivity index (χ0v) is 10.7. The third-order valence-electron chi connectivity index (χ3n) is 2.84.